The van der Waals surface area contributed by atoms with Gasteiger partial charge in [0.15, 0.2) is 0 Å². The van der Waals surface area contributed by atoms with Crippen LogP contribution in [-0.2, 0) is 14.4 Å². The third kappa shape index (κ3) is 6.51. The zero-order valence-electron chi connectivity index (χ0n) is 16.3. The van der Waals surface area contributed by atoms with Crippen molar-refractivity contribution in [1.29, 1.82) is 0 Å². The van der Waals surface area contributed by atoms with E-state index in [4.69, 9.17) is 0 Å². The van der Waals surface area contributed by atoms with E-state index in [0.29, 0.717) is 24.7 Å². The van der Waals surface area contributed by atoms with Crippen LogP contribution in [0.25, 0.3) is 0 Å². The van der Waals surface area contributed by atoms with Gasteiger partial charge < -0.3 is 15.7 Å². The molecule has 0 bridgehead atoms. The van der Waals surface area contributed by atoms with Gasteiger partial charge in [-0.05, 0) is 56.8 Å². The Bertz CT molecular complexity index is 532. The molecule has 0 aromatic rings. The van der Waals surface area contributed by atoms with Gasteiger partial charge in [0.05, 0.1) is 0 Å². The molecule has 2 amide bonds. The second-order valence-electron chi connectivity index (χ2n) is 8.90. The minimum Gasteiger partial charge on any atom is -0.480 e. The maximum atomic E-state index is 12.4. The summed E-state index contributed by atoms with van der Waals surface area (Å²) in [6.07, 6.45) is 12.5. The summed E-state index contributed by atoms with van der Waals surface area (Å²) in [7, 11) is 0. The van der Waals surface area contributed by atoms with Gasteiger partial charge in [0.2, 0.25) is 11.8 Å². The molecule has 3 rings (SSSR count). The first kappa shape index (κ1) is 20.2. The lowest BCUT2D eigenvalue weighted by Gasteiger charge is -2.30. The van der Waals surface area contributed by atoms with Crippen molar-refractivity contribution in [3.63, 3.8) is 0 Å². The average molecular weight is 379 g/mol. The maximum absolute atomic E-state index is 12.4. The summed E-state index contributed by atoms with van der Waals surface area (Å²) >= 11 is 0. The Morgan fingerprint density at radius 3 is 2.11 bits per heavy atom. The molecule has 0 aromatic carbocycles. The van der Waals surface area contributed by atoms with Crippen LogP contribution in [0.5, 0.6) is 0 Å². The van der Waals surface area contributed by atoms with Crippen LogP contribution in [0.15, 0.2) is 0 Å². The summed E-state index contributed by atoms with van der Waals surface area (Å²) in [5.74, 6) is -0.0292. The third-order valence-corrected chi connectivity index (χ3v) is 6.54. The number of rotatable bonds is 8. The van der Waals surface area contributed by atoms with E-state index in [1.165, 1.54) is 32.1 Å². The van der Waals surface area contributed by atoms with Crippen LogP contribution in [0.4, 0.5) is 0 Å². The lowest BCUT2D eigenvalue weighted by Crippen LogP contribution is -2.46. The largest absolute Gasteiger partial charge is 0.480 e. The predicted octanol–water partition coefficient (Wildman–Crippen LogP) is 3.00. The van der Waals surface area contributed by atoms with Crippen LogP contribution in [0.3, 0.4) is 0 Å². The molecule has 0 spiro atoms. The van der Waals surface area contributed by atoms with Crippen LogP contribution in [-0.4, -0.2) is 35.0 Å². The van der Waals surface area contributed by atoms with Crippen molar-refractivity contribution >= 4 is 17.8 Å². The van der Waals surface area contributed by atoms with Crippen LogP contribution in [0, 0.1) is 17.8 Å². The molecular weight excluding hydrogens is 344 g/mol. The molecule has 3 saturated carbocycles. The third-order valence-electron chi connectivity index (χ3n) is 6.54. The number of carboxylic acid groups (broad SMARTS) is 1. The minimum atomic E-state index is -0.932. The van der Waals surface area contributed by atoms with E-state index in [1.54, 1.807) is 0 Å². The Morgan fingerprint density at radius 2 is 1.52 bits per heavy atom. The lowest BCUT2D eigenvalue weighted by atomic mass is 9.84. The Balaban J connectivity index is 1.36. The van der Waals surface area contributed by atoms with Gasteiger partial charge in [0, 0.05) is 18.4 Å². The summed E-state index contributed by atoms with van der Waals surface area (Å²) in [4.78, 5) is 36.1. The molecule has 1 atom stereocenters. The number of hydrogen-bond acceptors (Lipinski definition) is 3. The van der Waals surface area contributed by atoms with Gasteiger partial charge in [0.1, 0.15) is 6.04 Å². The van der Waals surface area contributed by atoms with Crippen LogP contribution >= 0.6 is 0 Å². The maximum Gasteiger partial charge on any atom is 0.326 e. The highest BCUT2D eigenvalue weighted by Gasteiger charge is 2.33. The number of amides is 2. The zero-order chi connectivity index (χ0) is 19.2. The molecule has 27 heavy (non-hydrogen) atoms. The van der Waals surface area contributed by atoms with Gasteiger partial charge >= 0.3 is 5.97 Å². The van der Waals surface area contributed by atoms with E-state index < -0.39 is 12.0 Å². The van der Waals surface area contributed by atoms with Crippen LogP contribution in [0.2, 0.25) is 0 Å². The Kier molecular flexibility index (Phi) is 7.13. The van der Waals surface area contributed by atoms with Crippen molar-refractivity contribution in [2.24, 2.45) is 17.8 Å². The topological polar surface area (TPSA) is 95.5 Å². The Morgan fingerprint density at radius 1 is 0.852 bits per heavy atom. The zero-order valence-corrected chi connectivity index (χ0v) is 16.3. The fourth-order valence-corrected chi connectivity index (χ4v) is 4.64. The summed E-state index contributed by atoms with van der Waals surface area (Å²) in [6, 6.07) is -0.593. The number of aliphatic carboxylic acids is 1. The summed E-state index contributed by atoms with van der Waals surface area (Å²) in [5.41, 5.74) is 0. The SMILES string of the molecule is O=C(CC1CCCCC1)NC1CCC(C(=O)NC(CC2CC2)C(=O)O)CC1. The van der Waals surface area contributed by atoms with Crippen LogP contribution in [0.1, 0.15) is 83.5 Å². The molecule has 0 aliphatic heterocycles. The van der Waals surface area contributed by atoms with Gasteiger partial charge in [-0.3, -0.25) is 9.59 Å². The second kappa shape index (κ2) is 9.56. The smallest absolute Gasteiger partial charge is 0.326 e. The average Bonchev–Trinajstić information content (AvgIpc) is 3.46. The molecule has 0 radical (unpaired) electrons. The Labute approximate surface area is 161 Å². The quantitative estimate of drug-likeness (QED) is 0.605. The number of carbonyl (C=O) groups is 3. The first-order valence-electron chi connectivity index (χ1n) is 10.8. The number of nitrogens with one attached hydrogen (secondary N) is 2. The number of carboxylic acids is 1. The highest BCUT2D eigenvalue weighted by atomic mass is 16.4. The normalized spacial score (nSPS) is 27.6. The molecule has 0 saturated heterocycles. The summed E-state index contributed by atoms with van der Waals surface area (Å²) < 4.78 is 0. The molecule has 0 heterocycles. The van der Waals surface area contributed by atoms with Crippen molar-refractivity contribution in [2.45, 2.75) is 95.6 Å². The van der Waals surface area contributed by atoms with Gasteiger partial charge in [0.25, 0.3) is 0 Å². The van der Waals surface area contributed by atoms with E-state index >= 15 is 0 Å². The van der Waals surface area contributed by atoms with E-state index in [9.17, 15) is 19.5 Å². The number of hydrogen-bond donors (Lipinski definition) is 3. The molecule has 0 aromatic heterocycles. The van der Waals surface area contributed by atoms with Crippen LogP contribution < -0.4 is 10.6 Å². The molecule has 152 valence electrons. The minimum absolute atomic E-state index is 0.127. The fraction of sp³-hybridized carbons (Fsp3) is 0.857. The van der Waals surface area contributed by atoms with Gasteiger partial charge in [-0.25, -0.2) is 4.79 Å². The molecule has 6 heteroatoms. The molecule has 3 aliphatic rings. The molecule has 1 unspecified atom stereocenters. The van der Waals surface area contributed by atoms with Crippen molar-refractivity contribution in [3.05, 3.63) is 0 Å². The predicted molar refractivity (Wildman–Crippen MR) is 102 cm³/mol. The summed E-state index contributed by atoms with van der Waals surface area (Å²) in [5, 5.41) is 15.2. The van der Waals surface area contributed by atoms with Crippen molar-refractivity contribution in [2.75, 3.05) is 0 Å². The second-order valence-corrected chi connectivity index (χ2v) is 8.90. The van der Waals surface area contributed by atoms with Gasteiger partial charge in [-0.2, -0.15) is 0 Å². The molecule has 3 N–H and O–H groups in total. The van der Waals surface area contributed by atoms with E-state index in [1.807, 2.05) is 0 Å². The summed E-state index contributed by atoms with van der Waals surface area (Å²) in [6.45, 7) is 0. The molecule has 3 fully saturated rings. The first-order valence-corrected chi connectivity index (χ1v) is 10.8. The highest BCUT2D eigenvalue weighted by Crippen LogP contribution is 2.34. The molecule has 6 nitrogen and oxygen atoms in total. The van der Waals surface area contributed by atoms with E-state index in [2.05, 4.69) is 10.6 Å². The van der Waals surface area contributed by atoms with Gasteiger partial charge in [-0.1, -0.05) is 32.1 Å². The lowest BCUT2D eigenvalue weighted by molar-refractivity contribution is -0.143. The number of carbonyl (C=O) groups excluding carboxylic acids is 2. The van der Waals surface area contributed by atoms with E-state index in [0.717, 1.165) is 38.5 Å². The van der Waals surface area contributed by atoms with E-state index in [-0.39, 0.29) is 23.8 Å². The first-order chi connectivity index (χ1) is 13.0. The standard InChI is InChI=1S/C21H34N2O4/c24-19(13-14-4-2-1-3-5-14)22-17-10-8-16(9-11-17)20(25)23-18(21(26)27)12-15-6-7-15/h14-18H,1-13H2,(H,22,24)(H,23,25)(H,26,27). The fourth-order valence-electron chi connectivity index (χ4n) is 4.64. The highest BCUT2D eigenvalue weighted by molar-refractivity contribution is 5.85. The van der Waals surface area contributed by atoms with Crippen molar-refractivity contribution in [1.82, 2.24) is 10.6 Å². The van der Waals surface area contributed by atoms with Gasteiger partial charge in [-0.15, -0.1) is 0 Å². The van der Waals surface area contributed by atoms with Crippen molar-refractivity contribution < 1.29 is 19.5 Å². The Hall–Kier alpha value is -1.59. The van der Waals surface area contributed by atoms with Crippen molar-refractivity contribution in [3.8, 4) is 0 Å². The molecule has 3 aliphatic carbocycles. The molecular formula is C21H34N2O4. The monoisotopic (exact) mass is 378 g/mol.